The van der Waals surface area contributed by atoms with Gasteiger partial charge < -0.3 is 5.11 Å². The molecule has 0 bridgehead atoms. The Balaban J connectivity index is 2.56. The molecule has 0 saturated carbocycles. The summed E-state index contributed by atoms with van der Waals surface area (Å²) >= 11 is 0. The lowest BCUT2D eigenvalue weighted by Gasteiger charge is -2.31. The van der Waals surface area contributed by atoms with Crippen molar-refractivity contribution < 1.29 is 18.3 Å². The molecule has 2 unspecified atom stereocenters. The Morgan fingerprint density at radius 2 is 2.06 bits per heavy atom. The predicted octanol–water partition coefficient (Wildman–Crippen LogP) is 0.634. The first-order valence-electron chi connectivity index (χ1n) is 6.37. The Kier molecular flexibility index (Phi) is 5.31. The summed E-state index contributed by atoms with van der Waals surface area (Å²) in [5.41, 5.74) is 0. The Labute approximate surface area is 109 Å². The largest absolute Gasteiger partial charge is 0.385 e. The van der Waals surface area contributed by atoms with Gasteiger partial charge in [-0.3, -0.25) is 4.79 Å². The second-order valence-electron chi connectivity index (χ2n) is 5.49. The summed E-state index contributed by atoms with van der Waals surface area (Å²) in [5.74, 6) is -0.230. The van der Waals surface area contributed by atoms with Gasteiger partial charge in [0.05, 0.1) is 6.26 Å². The maximum atomic E-state index is 11.8. The lowest BCUT2D eigenvalue weighted by atomic mass is 9.90. The van der Waals surface area contributed by atoms with Crippen molar-refractivity contribution in [2.45, 2.75) is 39.2 Å². The zero-order valence-corrected chi connectivity index (χ0v) is 12.1. The molecule has 5 nitrogen and oxygen atoms in total. The van der Waals surface area contributed by atoms with Crippen molar-refractivity contribution >= 4 is 15.8 Å². The Bertz CT molecular complexity index is 391. The van der Waals surface area contributed by atoms with E-state index in [1.807, 2.05) is 0 Å². The first-order valence-corrected chi connectivity index (χ1v) is 8.22. The number of hydrogen-bond acceptors (Lipinski definition) is 4. The van der Waals surface area contributed by atoms with Crippen molar-refractivity contribution in [3.05, 3.63) is 0 Å². The van der Waals surface area contributed by atoms with Crippen LogP contribution in [0.25, 0.3) is 0 Å². The summed E-state index contributed by atoms with van der Waals surface area (Å²) in [6.45, 7) is 4.53. The molecule has 1 saturated heterocycles. The molecular weight excluding hydrogens is 254 g/mol. The third-order valence-corrected chi connectivity index (χ3v) is 4.67. The molecule has 18 heavy (non-hydrogen) atoms. The summed E-state index contributed by atoms with van der Waals surface area (Å²) in [6.07, 6.45) is 2.16. The number of carbonyl (C=O) groups excluding carboxylic acids is 1. The van der Waals surface area contributed by atoms with E-state index in [0.717, 1.165) is 12.8 Å². The number of Topliss-reactive ketones (excluding diaryl/α,β-unsaturated/α-hetero) is 1. The summed E-state index contributed by atoms with van der Waals surface area (Å²) in [4.78, 5) is 11.8. The molecule has 0 spiro atoms. The highest BCUT2D eigenvalue weighted by molar-refractivity contribution is 7.88. The maximum absolute atomic E-state index is 11.8. The predicted molar refractivity (Wildman–Crippen MR) is 69.6 cm³/mol. The van der Waals surface area contributed by atoms with Gasteiger partial charge in [0.25, 0.3) is 0 Å². The van der Waals surface area contributed by atoms with Crippen LogP contribution in [0.5, 0.6) is 0 Å². The molecule has 0 aromatic rings. The normalized spacial score (nSPS) is 24.2. The van der Waals surface area contributed by atoms with Crippen molar-refractivity contribution in [1.29, 1.82) is 0 Å². The molecule has 0 aromatic carbocycles. The highest BCUT2D eigenvalue weighted by Gasteiger charge is 2.29. The molecule has 1 rings (SSSR count). The van der Waals surface area contributed by atoms with Crippen LogP contribution >= 0.6 is 0 Å². The molecule has 0 amide bonds. The summed E-state index contributed by atoms with van der Waals surface area (Å²) in [6, 6.07) is 0. The molecule has 6 heteroatoms. The SMILES string of the molecule is CC(C)C(O)C(=O)CC1CCCN(S(C)(=O)=O)C1. The molecule has 106 valence electrons. The second kappa shape index (κ2) is 6.12. The third-order valence-electron chi connectivity index (χ3n) is 3.40. The van der Waals surface area contributed by atoms with E-state index in [9.17, 15) is 18.3 Å². The minimum Gasteiger partial charge on any atom is -0.385 e. The van der Waals surface area contributed by atoms with Crippen LogP contribution in [0, 0.1) is 11.8 Å². The van der Waals surface area contributed by atoms with E-state index in [1.165, 1.54) is 10.6 Å². The minimum absolute atomic E-state index is 0.0365. The third kappa shape index (κ3) is 4.33. The zero-order chi connectivity index (χ0) is 13.9. The quantitative estimate of drug-likeness (QED) is 0.800. The molecule has 2 atom stereocenters. The minimum atomic E-state index is -3.17. The van der Waals surface area contributed by atoms with Crippen molar-refractivity contribution in [2.24, 2.45) is 11.8 Å². The van der Waals surface area contributed by atoms with Crippen molar-refractivity contribution in [2.75, 3.05) is 19.3 Å². The van der Waals surface area contributed by atoms with Crippen molar-refractivity contribution in [3.63, 3.8) is 0 Å². The Hall–Kier alpha value is -0.460. The van der Waals surface area contributed by atoms with Gasteiger partial charge in [-0.15, -0.1) is 0 Å². The zero-order valence-electron chi connectivity index (χ0n) is 11.3. The van der Waals surface area contributed by atoms with E-state index in [0.29, 0.717) is 13.1 Å². The molecule has 1 fully saturated rings. The summed E-state index contributed by atoms with van der Waals surface area (Å²) in [5, 5.41) is 9.67. The number of aliphatic hydroxyl groups excluding tert-OH is 1. The number of rotatable bonds is 5. The van der Waals surface area contributed by atoms with Gasteiger partial charge in [0, 0.05) is 19.5 Å². The van der Waals surface area contributed by atoms with Crippen LogP contribution in [0.1, 0.15) is 33.1 Å². The lowest BCUT2D eigenvalue weighted by molar-refractivity contribution is -0.130. The number of piperidine rings is 1. The van der Waals surface area contributed by atoms with Crippen LogP contribution < -0.4 is 0 Å². The lowest BCUT2D eigenvalue weighted by Crippen LogP contribution is -2.40. The fourth-order valence-corrected chi connectivity index (χ4v) is 3.21. The molecular formula is C12H23NO4S. The second-order valence-corrected chi connectivity index (χ2v) is 7.47. The summed E-state index contributed by atoms with van der Waals surface area (Å²) in [7, 11) is -3.17. The van der Waals surface area contributed by atoms with Gasteiger partial charge >= 0.3 is 0 Å². The van der Waals surface area contributed by atoms with Crippen molar-refractivity contribution in [1.82, 2.24) is 4.31 Å². The van der Waals surface area contributed by atoms with Crippen LogP contribution in [0.4, 0.5) is 0 Å². The molecule has 1 aliphatic heterocycles. The van der Waals surface area contributed by atoms with E-state index >= 15 is 0 Å². The van der Waals surface area contributed by atoms with E-state index in [1.54, 1.807) is 13.8 Å². The first kappa shape index (κ1) is 15.6. The van der Waals surface area contributed by atoms with E-state index in [2.05, 4.69) is 0 Å². The first-order chi connectivity index (χ1) is 8.21. The number of hydrogen-bond donors (Lipinski definition) is 1. The summed E-state index contributed by atoms with van der Waals surface area (Å²) < 4.78 is 24.3. The average Bonchev–Trinajstić information content (AvgIpc) is 2.27. The number of ketones is 1. The van der Waals surface area contributed by atoms with Crippen LogP contribution in [0.3, 0.4) is 0 Å². The fraction of sp³-hybridized carbons (Fsp3) is 0.917. The molecule has 0 aliphatic carbocycles. The van der Waals surface area contributed by atoms with Crippen LogP contribution in [0.15, 0.2) is 0 Å². The maximum Gasteiger partial charge on any atom is 0.211 e. The Morgan fingerprint density at radius 1 is 1.44 bits per heavy atom. The topological polar surface area (TPSA) is 74.7 Å². The average molecular weight is 277 g/mol. The standard InChI is InChI=1S/C12H23NO4S/c1-9(2)12(15)11(14)7-10-5-4-6-13(8-10)18(3,16)17/h9-10,12,15H,4-8H2,1-3H3. The van der Waals surface area contributed by atoms with Crippen LogP contribution in [0.2, 0.25) is 0 Å². The molecule has 1 aliphatic rings. The highest BCUT2D eigenvalue weighted by atomic mass is 32.2. The molecule has 1 N–H and O–H groups in total. The van der Waals surface area contributed by atoms with Crippen LogP contribution in [-0.2, 0) is 14.8 Å². The van der Waals surface area contributed by atoms with Gasteiger partial charge in [-0.1, -0.05) is 13.8 Å². The number of carbonyl (C=O) groups is 1. The van der Waals surface area contributed by atoms with E-state index < -0.39 is 16.1 Å². The smallest absolute Gasteiger partial charge is 0.211 e. The van der Waals surface area contributed by atoms with E-state index in [-0.39, 0.29) is 24.0 Å². The number of aliphatic hydroxyl groups is 1. The Morgan fingerprint density at radius 3 is 2.56 bits per heavy atom. The molecule has 0 radical (unpaired) electrons. The fourth-order valence-electron chi connectivity index (χ4n) is 2.27. The van der Waals surface area contributed by atoms with Gasteiger partial charge in [-0.25, -0.2) is 12.7 Å². The van der Waals surface area contributed by atoms with Gasteiger partial charge in [0.1, 0.15) is 6.10 Å². The van der Waals surface area contributed by atoms with Gasteiger partial charge in [0.2, 0.25) is 10.0 Å². The van der Waals surface area contributed by atoms with Crippen LogP contribution in [-0.4, -0.2) is 49.1 Å². The van der Waals surface area contributed by atoms with Gasteiger partial charge in [-0.2, -0.15) is 0 Å². The number of nitrogens with zero attached hydrogens (tertiary/aromatic N) is 1. The number of sulfonamides is 1. The molecule has 1 heterocycles. The monoisotopic (exact) mass is 277 g/mol. The van der Waals surface area contributed by atoms with Gasteiger partial charge in [0.15, 0.2) is 5.78 Å². The van der Waals surface area contributed by atoms with Gasteiger partial charge in [-0.05, 0) is 24.7 Å². The van der Waals surface area contributed by atoms with Crippen molar-refractivity contribution in [3.8, 4) is 0 Å². The highest BCUT2D eigenvalue weighted by Crippen LogP contribution is 2.22. The molecule has 0 aromatic heterocycles. The van der Waals surface area contributed by atoms with E-state index in [4.69, 9.17) is 0 Å².